The average molecular weight is 568 g/mol. The Hall–Kier alpha value is -2.48. The van der Waals surface area contributed by atoms with Gasteiger partial charge in [0.15, 0.2) is 6.79 Å². The standard InChI is InChI=1S/C28H25IO3S/c1-2-30-19-32-26-16-11-20(17-25(26)29)18-31-21-12-14-22(15-13-21)33-27-9-5-3-7-23(27)24-8-4-6-10-28(24)33/h3-17,33H,2,18-19H2,1H3. The molecule has 4 aromatic rings. The summed E-state index contributed by atoms with van der Waals surface area (Å²) >= 11 is 2.28. The van der Waals surface area contributed by atoms with Crippen molar-refractivity contribution >= 4 is 33.5 Å². The summed E-state index contributed by atoms with van der Waals surface area (Å²) in [6.45, 7) is 3.38. The van der Waals surface area contributed by atoms with E-state index in [2.05, 4.69) is 101 Å². The fourth-order valence-corrected chi connectivity index (χ4v) is 7.34. The quantitative estimate of drug-likeness (QED) is 0.0900. The number of hydrogen-bond donors (Lipinski definition) is 1. The van der Waals surface area contributed by atoms with Gasteiger partial charge in [-0.15, -0.1) is 0 Å². The average Bonchev–Trinajstić information content (AvgIpc) is 3.19. The van der Waals surface area contributed by atoms with E-state index in [0.717, 1.165) is 20.6 Å². The van der Waals surface area contributed by atoms with Crippen molar-refractivity contribution < 1.29 is 14.2 Å². The van der Waals surface area contributed by atoms with Gasteiger partial charge >= 0.3 is 0 Å². The first-order valence-electron chi connectivity index (χ1n) is 10.9. The molecule has 0 fully saturated rings. The van der Waals surface area contributed by atoms with E-state index < -0.39 is 10.9 Å². The van der Waals surface area contributed by atoms with Crippen molar-refractivity contribution in [2.24, 2.45) is 0 Å². The summed E-state index contributed by atoms with van der Waals surface area (Å²) in [6, 6.07) is 32.3. The van der Waals surface area contributed by atoms with E-state index in [0.29, 0.717) is 13.2 Å². The molecule has 3 nitrogen and oxygen atoms in total. The van der Waals surface area contributed by atoms with Crippen molar-refractivity contribution in [3.63, 3.8) is 0 Å². The van der Waals surface area contributed by atoms with Gasteiger partial charge in [0.25, 0.3) is 0 Å². The van der Waals surface area contributed by atoms with Crippen LogP contribution in [0, 0.1) is 3.57 Å². The van der Waals surface area contributed by atoms with Crippen LogP contribution < -0.4 is 9.47 Å². The zero-order valence-electron chi connectivity index (χ0n) is 18.3. The fourth-order valence-electron chi connectivity index (χ4n) is 4.00. The maximum Gasteiger partial charge on any atom is 0.189 e. The van der Waals surface area contributed by atoms with E-state index in [4.69, 9.17) is 14.2 Å². The molecule has 0 saturated heterocycles. The summed E-state index contributed by atoms with van der Waals surface area (Å²) in [7, 11) is -0.533. The third kappa shape index (κ3) is 4.76. The highest BCUT2D eigenvalue weighted by atomic mass is 127. The first kappa shape index (κ1) is 22.3. The number of fused-ring (bicyclic) bond motifs is 3. The van der Waals surface area contributed by atoms with Crippen LogP contribution in [0.4, 0.5) is 0 Å². The Labute approximate surface area is 211 Å². The van der Waals surface area contributed by atoms with Gasteiger partial charge in [0.05, 0.1) is 3.57 Å². The van der Waals surface area contributed by atoms with E-state index in [1.54, 1.807) is 0 Å². The Morgan fingerprint density at radius 1 is 0.758 bits per heavy atom. The Balaban J connectivity index is 1.29. The lowest BCUT2D eigenvalue weighted by molar-refractivity contribution is 0.0219. The van der Waals surface area contributed by atoms with Gasteiger partial charge in [-0.1, -0.05) is 42.5 Å². The molecular formula is C28H25IO3S. The largest absolute Gasteiger partial charge is 0.489 e. The fraction of sp³-hybridized carbons (Fsp3) is 0.143. The lowest BCUT2D eigenvalue weighted by Gasteiger charge is -2.19. The van der Waals surface area contributed by atoms with Crippen LogP contribution in [0.15, 0.2) is 106 Å². The molecule has 1 aliphatic rings. The maximum absolute atomic E-state index is 6.08. The number of hydrogen-bond acceptors (Lipinski definition) is 3. The van der Waals surface area contributed by atoms with Crippen LogP contribution in [-0.4, -0.2) is 13.4 Å². The minimum absolute atomic E-state index is 0.270. The molecule has 0 aromatic heterocycles. The van der Waals surface area contributed by atoms with E-state index in [1.807, 2.05) is 19.1 Å². The Morgan fingerprint density at radius 3 is 2.06 bits per heavy atom. The smallest absolute Gasteiger partial charge is 0.189 e. The normalized spacial score (nSPS) is 12.8. The van der Waals surface area contributed by atoms with Crippen LogP contribution in [-0.2, 0) is 11.3 Å². The molecule has 1 heterocycles. The number of halogens is 1. The zero-order chi connectivity index (χ0) is 22.6. The molecule has 0 radical (unpaired) electrons. The topological polar surface area (TPSA) is 27.7 Å². The maximum atomic E-state index is 6.08. The molecule has 0 bridgehead atoms. The van der Waals surface area contributed by atoms with Gasteiger partial charge in [-0.3, -0.25) is 0 Å². The summed E-state index contributed by atoms with van der Waals surface area (Å²) in [4.78, 5) is 4.22. The van der Waals surface area contributed by atoms with Crippen molar-refractivity contribution in [3.05, 3.63) is 100 Å². The predicted molar refractivity (Wildman–Crippen MR) is 143 cm³/mol. The summed E-state index contributed by atoms with van der Waals surface area (Å²) in [6.07, 6.45) is 0. The van der Waals surface area contributed by atoms with Crippen LogP contribution in [0.2, 0.25) is 0 Å². The molecule has 1 aliphatic heterocycles. The predicted octanol–water partition coefficient (Wildman–Crippen LogP) is 7.70. The lowest BCUT2D eigenvalue weighted by atomic mass is 10.1. The van der Waals surface area contributed by atoms with Crippen LogP contribution in [0.1, 0.15) is 12.5 Å². The molecule has 33 heavy (non-hydrogen) atoms. The van der Waals surface area contributed by atoms with Crippen molar-refractivity contribution in [2.45, 2.75) is 28.2 Å². The first-order valence-corrected chi connectivity index (χ1v) is 13.4. The monoisotopic (exact) mass is 568 g/mol. The number of ether oxygens (including phenoxy) is 3. The number of rotatable bonds is 8. The molecule has 0 aliphatic carbocycles. The number of thiol groups is 1. The zero-order valence-corrected chi connectivity index (χ0v) is 21.4. The molecule has 0 spiro atoms. The second-order valence-corrected chi connectivity index (χ2v) is 11.0. The van der Waals surface area contributed by atoms with Crippen LogP contribution in [0.3, 0.4) is 0 Å². The summed E-state index contributed by atoms with van der Waals surface area (Å²) in [5, 5.41) is 0. The second kappa shape index (κ2) is 10.2. The Morgan fingerprint density at radius 2 is 1.42 bits per heavy atom. The molecule has 0 atom stereocenters. The first-order chi connectivity index (χ1) is 16.2. The minimum atomic E-state index is -0.533. The summed E-state index contributed by atoms with van der Waals surface area (Å²) < 4.78 is 18.0. The highest BCUT2D eigenvalue weighted by Gasteiger charge is 2.26. The van der Waals surface area contributed by atoms with E-state index in [1.165, 1.54) is 25.8 Å². The van der Waals surface area contributed by atoms with Gasteiger partial charge in [0.2, 0.25) is 0 Å². The van der Waals surface area contributed by atoms with Crippen LogP contribution in [0.5, 0.6) is 11.5 Å². The Kier molecular flexibility index (Phi) is 6.90. The van der Waals surface area contributed by atoms with E-state index in [-0.39, 0.29) is 6.79 Å². The van der Waals surface area contributed by atoms with Gasteiger partial charge in [-0.2, -0.15) is 10.9 Å². The molecule has 5 heteroatoms. The molecular weight excluding hydrogens is 543 g/mol. The van der Waals surface area contributed by atoms with Gasteiger partial charge in [0.1, 0.15) is 18.1 Å². The van der Waals surface area contributed by atoms with Gasteiger partial charge in [-0.05, 0) is 99.6 Å². The molecule has 0 amide bonds. The van der Waals surface area contributed by atoms with Crippen molar-refractivity contribution in [1.29, 1.82) is 0 Å². The third-order valence-electron chi connectivity index (χ3n) is 5.58. The van der Waals surface area contributed by atoms with Crippen LogP contribution in [0.25, 0.3) is 11.1 Å². The highest BCUT2D eigenvalue weighted by Crippen LogP contribution is 2.62. The van der Waals surface area contributed by atoms with Crippen molar-refractivity contribution in [1.82, 2.24) is 0 Å². The van der Waals surface area contributed by atoms with E-state index >= 15 is 0 Å². The van der Waals surface area contributed by atoms with Crippen LogP contribution >= 0.6 is 33.5 Å². The molecule has 0 saturated carbocycles. The van der Waals surface area contributed by atoms with Crippen molar-refractivity contribution in [2.75, 3.05) is 13.4 Å². The minimum Gasteiger partial charge on any atom is -0.489 e. The summed E-state index contributed by atoms with van der Waals surface area (Å²) in [5.74, 6) is 1.71. The Bertz CT molecular complexity index is 1210. The lowest BCUT2D eigenvalue weighted by Crippen LogP contribution is -2.04. The third-order valence-corrected chi connectivity index (χ3v) is 8.98. The van der Waals surface area contributed by atoms with Gasteiger partial charge in [-0.25, -0.2) is 0 Å². The van der Waals surface area contributed by atoms with Crippen molar-refractivity contribution in [3.8, 4) is 22.6 Å². The highest BCUT2D eigenvalue weighted by molar-refractivity contribution is 14.1. The molecule has 0 N–H and O–H groups in total. The molecule has 4 aromatic carbocycles. The molecule has 0 unspecified atom stereocenters. The van der Waals surface area contributed by atoms with Gasteiger partial charge < -0.3 is 14.2 Å². The van der Waals surface area contributed by atoms with E-state index in [9.17, 15) is 0 Å². The summed E-state index contributed by atoms with van der Waals surface area (Å²) in [5.41, 5.74) is 3.83. The molecule has 168 valence electrons. The SMILES string of the molecule is CCOCOc1ccc(COc2ccc([SH]3c4ccccc4-c4ccccc43)cc2)cc1I. The number of benzene rings is 4. The molecule has 5 rings (SSSR count). The second-order valence-electron chi connectivity index (χ2n) is 7.67. The van der Waals surface area contributed by atoms with Gasteiger partial charge in [0, 0.05) is 16.4 Å².